The predicted molar refractivity (Wildman–Crippen MR) is 98.6 cm³/mol. The van der Waals surface area contributed by atoms with Crippen molar-refractivity contribution < 1.29 is 23.4 Å². The van der Waals surface area contributed by atoms with Crippen LogP contribution in [0.15, 0.2) is 22.1 Å². The van der Waals surface area contributed by atoms with Crippen LogP contribution in [0, 0.1) is 19.7 Å². The van der Waals surface area contributed by atoms with Gasteiger partial charge in [-0.1, -0.05) is 0 Å². The Bertz CT molecular complexity index is 1020. The summed E-state index contributed by atoms with van der Waals surface area (Å²) in [5, 5.41) is 12.6. The van der Waals surface area contributed by atoms with E-state index in [1.807, 2.05) is 6.92 Å². The molecule has 1 amide bonds. The van der Waals surface area contributed by atoms with Crippen LogP contribution in [0.5, 0.6) is 5.75 Å². The van der Waals surface area contributed by atoms with E-state index in [0.29, 0.717) is 16.9 Å². The van der Waals surface area contributed by atoms with E-state index in [9.17, 15) is 14.3 Å². The zero-order valence-electron chi connectivity index (χ0n) is 15.0. The van der Waals surface area contributed by atoms with Crippen molar-refractivity contribution in [2.24, 2.45) is 0 Å². The second-order valence-electron chi connectivity index (χ2n) is 6.86. The van der Waals surface area contributed by atoms with Crippen LogP contribution in [-0.4, -0.2) is 28.1 Å². The number of carbonyl (C=O) groups is 1. The third-order valence-electron chi connectivity index (χ3n) is 4.87. The largest absolute Gasteiger partial charge is 0.488 e. The van der Waals surface area contributed by atoms with E-state index in [1.165, 1.54) is 17.4 Å². The minimum atomic E-state index is -0.589. The molecule has 0 atom stereocenters. The molecule has 3 aromatic rings. The van der Waals surface area contributed by atoms with Gasteiger partial charge in [0.15, 0.2) is 11.4 Å². The first kappa shape index (κ1) is 17.9. The summed E-state index contributed by atoms with van der Waals surface area (Å²) in [7, 11) is 0. The van der Waals surface area contributed by atoms with E-state index < -0.39 is 11.4 Å². The third-order valence-corrected chi connectivity index (χ3v) is 5.78. The minimum absolute atomic E-state index is 0.0211. The number of fused-ring (bicyclic) bond motifs is 1. The van der Waals surface area contributed by atoms with Crippen molar-refractivity contribution >= 4 is 28.2 Å². The van der Waals surface area contributed by atoms with Crippen molar-refractivity contribution in [3.63, 3.8) is 0 Å². The molecule has 0 saturated heterocycles. The first-order chi connectivity index (χ1) is 12.9. The van der Waals surface area contributed by atoms with Gasteiger partial charge >= 0.3 is 0 Å². The maximum absolute atomic E-state index is 14.5. The van der Waals surface area contributed by atoms with Gasteiger partial charge in [0.25, 0.3) is 5.91 Å². The number of furan rings is 1. The van der Waals surface area contributed by atoms with Crippen LogP contribution < -0.4 is 10.1 Å². The maximum Gasteiger partial charge on any atom is 0.255 e. The van der Waals surface area contributed by atoms with Crippen LogP contribution in [-0.2, 0) is 6.61 Å². The van der Waals surface area contributed by atoms with Gasteiger partial charge in [-0.15, -0.1) is 11.3 Å². The van der Waals surface area contributed by atoms with Gasteiger partial charge in [-0.2, -0.15) is 0 Å². The molecule has 6 nitrogen and oxygen atoms in total. The van der Waals surface area contributed by atoms with Crippen LogP contribution in [0.25, 0.3) is 11.0 Å². The van der Waals surface area contributed by atoms with Crippen molar-refractivity contribution in [1.29, 1.82) is 0 Å². The van der Waals surface area contributed by atoms with Gasteiger partial charge in [0.1, 0.15) is 18.1 Å². The van der Waals surface area contributed by atoms with Gasteiger partial charge in [-0.3, -0.25) is 4.79 Å². The molecule has 1 aliphatic rings. The molecule has 1 fully saturated rings. The van der Waals surface area contributed by atoms with E-state index in [-0.39, 0.29) is 30.3 Å². The Morgan fingerprint density at radius 2 is 2.22 bits per heavy atom. The van der Waals surface area contributed by atoms with Gasteiger partial charge in [-0.05, 0) is 32.8 Å². The average Bonchev–Trinajstić information content (AvgIpc) is 3.14. The quantitative estimate of drug-likeness (QED) is 0.673. The van der Waals surface area contributed by atoms with E-state index in [4.69, 9.17) is 9.15 Å². The Morgan fingerprint density at radius 3 is 2.85 bits per heavy atom. The van der Waals surface area contributed by atoms with Crippen LogP contribution >= 0.6 is 11.3 Å². The van der Waals surface area contributed by atoms with Crippen molar-refractivity contribution in [3.05, 3.63) is 45.4 Å². The number of aryl methyl sites for hydroxylation is 2. The highest BCUT2D eigenvalue weighted by atomic mass is 32.1. The first-order valence-corrected chi connectivity index (χ1v) is 9.48. The fourth-order valence-electron chi connectivity index (χ4n) is 3.01. The summed E-state index contributed by atoms with van der Waals surface area (Å²) in [5.41, 5.74) is 2.33. The number of aromatic nitrogens is 1. The fourth-order valence-corrected chi connectivity index (χ4v) is 3.70. The van der Waals surface area contributed by atoms with Crippen molar-refractivity contribution in [3.8, 4) is 5.75 Å². The fraction of sp³-hybridized carbons (Fsp3) is 0.368. The second kappa shape index (κ2) is 6.61. The van der Waals surface area contributed by atoms with Crippen molar-refractivity contribution in [2.75, 3.05) is 6.61 Å². The van der Waals surface area contributed by atoms with E-state index >= 15 is 0 Å². The van der Waals surface area contributed by atoms with Crippen LogP contribution in [0.1, 0.15) is 39.5 Å². The lowest BCUT2D eigenvalue weighted by Crippen LogP contribution is -2.39. The summed E-state index contributed by atoms with van der Waals surface area (Å²) in [6, 6.07) is 2.86. The summed E-state index contributed by atoms with van der Waals surface area (Å²) >= 11 is 1.47. The van der Waals surface area contributed by atoms with Gasteiger partial charge in [0.2, 0.25) is 0 Å². The smallest absolute Gasteiger partial charge is 0.255 e. The van der Waals surface area contributed by atoms with Gasteiger partial charge in [-0.25, -0.2) is 9.37 Å². The first-order valence-electron chi connectivity index (χ1n) is 8.60. The highest BCUT2D eigenvalue weighted by molar-refractivity contribution is 7.09. The number of aliphatic hydroxyl groups is 1. The summed E-state index contributed by atoms with van der Waals surface area (Å²) in [6.45, 7) is 3.65. The lowest BCUT2D eigenvalue weighted by Gasteiger charge is -2.14. The highest BCUT2D eigenvalue weighted by Gasteiger charge is 2.44. The molecule has 2 N–H and O–H groups in total. The molecule has 1 saturated carbocycles. The number of carbonyl (C=O) groups excluding carboxylic acids is 1. The molecule has 0 spiro atoms. The topological polar surface area (TPSA) is 84.6 Å². The molecule has 0 aliphatic heterocycles. The summed E-state index contributed by atoms with van der Waals surface area (Å²) in [6.07, 6.45) is 1.45. The molecule has 0 unspecified atom stereocenters. The zero-order chi connectivity index (χ0) is 19.2. The van der Waals surface area contributed by atoms with Crippen LogP contribution in [0.3, 0.4) is 0 Å². The second-order valence-corrected chi connectivity index (χ2v) is 7.80. The number of halogens is 1. The Labute approximate surface area is 159 Å². The third kappa shape index (κ3) is 3.30. The van der Waals surface area contributed by atoms with Crippen molar-refractivity contribution in [1.82, 2.24) is 10.3 Å². The average molecular weight is 390 g/mol. The number of nitrogens with zero attached hydrogens (tertiary/aromatic N) is 1. The number of thiazole rings is 1. The lowest BCUT2D eigenvalue weighted by molar-refractivity contribution is 0.0906. The molecule has 8 heteroatoms. The van der Waals surface area contributed by atoms with Crippen molar-refractivity contribution in [2.45, 2.75) is 38.8 Å². The number of rotatable bonds is 6. The Morgan fingerprint density at radius 1 is 1.44 bits per heavy atom. The summed E-state index contributed by atoms with van der Waals surface area (Å²) < 4.78 is 25.7. The maximum atomic E-state index is 14.5. The normalized spacial score (nSPS) is 15.1. The number of benzene rings is 1. The Kier molecular flexibility index (Phi) is 4.39. The molecule has 4 rings (SSSR count). The molecule has 1 aliphatic carbocycles. The number of ether oxygens (including phenoxy) is 1. The highest BCUT2D eigenvalue weighted by Crippen LogP contribution is 2.37. The summed E-state index contributed by atoms with van der Waals surface area (Å²) in [4.78, 5) is 17.8. The van der Waals surface area contributed by atoms with Gasteiger partial charge in [0.05, 0.1) is 33.8 Å². The molecule has 2 heterocycles. The molecule has 27 heavy (non-hydrogen) atoms. The van der Waals surface area contributed by atoms with E-state index in [0.717, 1.165) is 23.4 Å². The minimum Gasteiger partial charge on any atom is -0.488 e. The van der Waals surface area contributed by atoms with E-state index in [1.54, 1.807) is 18.5 Å². The molecular formula is C19H19FN2O4S. The zero-order valence-corrected chi connectivity index (χ0v) is 15.8. The molecule has 2 aromatic heterocycles. The Balaban J connectivity index is 1.65. The monoisotopic (exact) mass is 390 g/mol. The van der Waals surface area contributed by atoms with Gasteiger partial charge in [0, 0.05) is 11.5 Å². The number of hydrogen-bond donors (Lipinski definition) is 2. The molecule has 0 bridgehead atoms. The van der Waals surface area contributed by atoms with Crippen LogP contribution in [0.2, 0.25) is 0 Å². The lowest BCUT2D eigenvalue weighted by atomic mass is 10.1. The molecule has 0 radical (unpaired) electrons. The van der Waals surface area contributed by atoms with E-state index in [2.05, 4.69) is 10.3 Å². The molecular weight excluding hydrogens is 371 g/mol. The SMILES string of the molecule is Cc1ncsc1COc1cc(F)c2oc(C)c(C(=O)NC3(CO)CC3)c2c1. The number of aliphatic hydroxyl groups excluding tert-OH is 1. The number of hydrogen-bond acceptors (Lipinski definition) is 6. The standard InChI is InChI=1S/C19H19FN2O4S/c1-10-15(27-9-21-10)7-25-12-5-13-16(11(2)26-17(13)14(20)6-12)18(24)22-19(8-23)3-4-19/h5-6,9,23H,3-4,7-8H2,1-2H3,(H,22,24). The molecule has 1 aromatic carbocycles. The number of amides is 1. The van der Waals surface area contributed by atoms with Crippen LogP contribution in [0.4, 0.5) is 4.39 Å². The number of nitrogens with one attached hydrogen (secondary N) is 1. The molecule has 142 valence electrons. The summed E-state index contributed by atoms with van der Waals surface area (Å²) in [5.74, 6) is -0.335. The Hall–Kier alpha value is -2.45. The van der Waals surface area contributed by atoms with Gasteiger partial charge < -0.3 is 19.6 Å². The predicted octanol–water partition coefficient (Wildman–Crippen LogP) is 3.48.